The number of methoxy groups -OCH3 is 1. The lowest BCUT2D eigenvalue weighted by Crippen LogP contribution is -2.24. The molecule has 3 rings (SSSR count). The summed E-state index contributed by atoms with van der Waals surface area (Å²) >= 11 is 13.7. The molecule has 1 N–H and O–H groups in total. The van der Waals surface area contributed by atoms with E-state index >= 15 is 0 Å². The third-order valence-corrected chi connectivity index (χ3v) is 5.44. The molecule has 0 saturated carbocycles. The summed E-state index contributed by atoms with van der Waals surface area (Å²) in [5.74, 6) is 2.13. The maximum Gasteiger partial charge on any atom is 0.246 e. The highest BCUT2D eigenvalue weighted by atomic mass is 35.5. The topological polar surface area (TPSA) is 77.3 Å². The van der Waals surface area contributed by atoms with Crippen LogP contribution < -0.4 is 10.1 Å². The van der Waals surface area contributed by atoms with Gasteiger partial charge in [0.1, 0.15) is 5.75 Å². The number of carbonyl (C=O) groups excluding carboxylic acids is 1. The number of benzene rings is 2. The van der Waals surface area contributed by atoms with Crippen LogP contribution in [-0.2, 0) is 17.1 Å². The predicted octanol–water partition coefficient (Wildman–Crippen LogP) is 4.60. The smallest absolute Gasteiger partial charge is 0.246 e. The molecular formula is C19H17Cl2N3O3S. The Labute approximate surface area is 176 Å². The van der Waals surface area contributed by atoms with Gasteiger partial charge in [0.15, 0.2) is 0 Å². The van der Waals surface area contributed by atoms with Crippen molar-refractivity contribution in [2.75, 3.05) is 12.9 Å². The highest BCUT2D eigenvalue weighted by Gasteiger charge is 2.11. The van der Waals surface area contributed by atoms with Crippen molar-refractivity contribution >= 4 is 40.9 Å². The molecule has 0 bridgehead atoms. The Morgan fingerprint density at radius 3 is 2.71 bits per heavy atom. The molecule has 9 heteroatoms. The molecule has 1 aromatic heterocycles. The van der Waals surface area contributed by atoms with Crippen LogP contribution >= 0.6 is 35.0 Å². The van der Waals surface area contributed by atoms with Crippen molar-refractivity contribution in [3.05, 3.63) is 64.0 Å². The second-order valence-electron chi connectivity index (χ2n) is 5.71. The molecule has 0 radical (unpaired) electrons. The van der Waals surface area contributed by atoms with Gasteiger partial charge in [-0.2, -0.15) is 4.98 Å². The van der Waals surface area contributed by atoms with Crippen molar-refractivity contribution < 1.29 is 14.1 Å². The second kappa shape index (κ2) is 9.82. The van der Waals surface area contributed by atoms with Crippen LogP contribution in [0.2, 0.25) is 10.0 Å². The van der Waals surface area contributed by atoms with Gasteiger partial charge in [-0.3, -0.25) is 4.79 Å². The van der Waals surface area contributed by atoms with E-state index in [0.717, 1.165) is 11.1 Å². The van der Waals surface area contributed by atoms with Gasteiger partial charge in [-0.25, -0.2) is 0 Å². The Kier molecular flexibility index (Phi) is 7.19. The highest BCUT2D eigenvalue weighted by molar-refractivity contribution is 7.99. The molecule has 0 unspecified atom stereocenters. The Bertz CT molecular complexity index is 945. The summed E-state index contributed by atoms with van der Waals surface area (Å²) in [6.07, 6.45) is 0. The normalized spacial score (nSPS) is 10.7. The number of hydrogen-bond donors (Lipinski definition) is 1. The molecule has 0 aliphatic carbocycles. The number of ether oxygens (including phenoxy) is 1. The predicted molar refractivity (Wildman–Crippen MR) is 111 cm³/mol. The van der Waals surface area contributed by atoms with Gasteiger partial charge in [-0.15, -0.1) is 11.8 Å². The summed E-state index contributed by atoms with van der Waals surface area (Å²) in [6.45, 7) is 0.156. The first-order chi connectivity index (χ1) is 13.6. The van der Waals surface area contributed by atoms with Gasteiger partial charge < -0.3 is 14.6 Å². The third-order valence-electron chi connectivity index (χ3n) is 3.77. The molecule has 3 aromatic rings. The minimum atomic E-state index is -0.144. The summed E-state index contributed by atoms with van der Waals surface area (Å²) in [5, 5.41) is 7.88. The Balaban J connectivity index is 1.48. The molecular weight excluding hydrogens is 421 g/mol. The lowest BCUT2D eigenvalue weighted by Gasteiger charge is -2.06. The van der Waals surface area contributed by atoms with E-state index in [9.17, 15) is 4.79 Å². The molecule has 0 spiro atoms. The number of thioether (sulfide) groups is 1. The van der Waals surface area contributed by atoms with Gasteiger partial charge >= 0.3 is 0 Å². The zero-order valence-electron chi connectivity index (χ0n) is 14.9. The van der Waals surface area contributed by atoms with E-state index in [1.165, 1.54) is 11.8 Å². The number of amides is 1. The number of carbonyl (C=O) groups is 1. The molecule has 146 valence electrons. The van der Waals surface area contributed by atoms with Crippen LogP contribution in [0.25, 0.3) is 11.4 Å². The van der Waals surface area contributed by atoms with E-state index in [1.807, 2.05) is 24.3 Å². The van der Waals surface area contributed by atoms with Gasteiger partial charge in [0.25, 0.3) is 0 Å². The monoisotopic (exact) mass is 437 g/mol. The molecule has 1 amide bonds. The average molecular weight is 438 g/mol. The highest BCUT2D eigenvalue weighted by Crippen LogP contribution is 2.28. The van der Waals surface area contributed by atoms with E-state index in [1.54, 1.807) is 25.3 Å². The summed E-state index contributed by atoms with van der Waals surface area (Å²) in [5.41, 5.74) is 1.59. The maximum atomic E-state index is 12.0. The summed E-state index contributed by atoms with van der Waals surface area (Å²) < 4.78 is 10.4. The fourth-order valence-corrected chi connectivity index (χ4v) is 3.94. The minimum absolute atomic E-state index is 0.144. The van der Waals surface area contributed by atoms with Gasteiger partial charge in [0.05, 0.1) is 19.4 Å². The fourth-order valence-electron chi connectivity index (χ4n) is 2.35. The third kappa shape index (κ3) is 5.41. The summed E-state index contributed by atoms with van der Waals surface area (Å²) in [6, 6.07) is 12.7. The first kappa shape index (κ1) is 20.5. The Hall–Kier alpha value is -2.22. The summed E-state index contributed by atoms with van der Waals surface area (Å²) in [4.78, 5) is 16.3. The van der Waals surface area contributed by atoms with Crippen LogP contribution in [0.15, 0.2) is 47.0 Å². The number of hydrogen-bond acceptors (Lipinski definition) is 6. The molecule has 2 aromatic carbocycles. The van der Waals surface area contributed by atoms with Gasteiger partial charge in [0.2, 0.25) is 17.6 Å². The number of nitrogens with zero attached hydrogens (tertiary/aromatic N) is 2. The SMILES string of the molecule is COc1cccc(-c2noc(CNC(=O)CSCc3c(Cl)cccc3Cl)n2)c1. The van der Waals surface area contributed by atoms with Gasteiger partial charge in [0, 0.05) is 21.4 Å². The molecule has 28 heavy (non-hydrogen) atoms. The van der Waals surface area contributed by atoms with Gasteiger partial charge in [-0.05, 0) is 29.8 Å². The zero-order chi connectivity index (χ0) is 19.9. The van der Waals surface area contributed by atoms with E-state index in [-0.39, 0.29) is 18.2 Å². The zero-order valence-corrected chi connectivity index (χ0v) is 17.3. The maximum absolute atomic E-state index is 12.0. The van der Waals surface area contributed by atoms with Crippen molar-refractivity contribution in [3.63, 3.8) is 0 Å². The van der Waals surface area contributed by atoms with Crippen molar-refractivity contribution in [1.29, 1.82) is 0 Å². The number of nitrogens with one attached hydrogen (secondary N) is 1. The first-order valence-electron chi connectivity index (χ1n) is 8.31. The number of rotatable bonds is 8. The van der Waals surface area contributed by atoms with Gasteiger partial charge in [-0.1, -0.05) is 46.6 Å². The second-order valence-corrected chi connectivity index (χ2v) is 7.51. The standard InChI is InChI=1S/C19H17Cl2N3O3S/c1-26-13-5-2-4-12(8-13)19-23-18(27-24-19)9-22-17(25)11-28-10-14-15(20)6-3-7-16(14)21/h2-8H,9-11H2,1H3,(H,22,25). The number of halogens is 2. The van der Waals surface area contributed by atoms with Crippen LogP contribution in [0.1, 0.15) is 11.5 Å². The van der Waals surface area contributed by atoms with Crippen molar-refractivity contribution in [1.82, 2.24) is 15.5 Å². The van der Waals surface area contributed by atoms with Crippen LogP contribution in [0, 0.1) is 0 Å². The van der Waals surface area contributed by atoms with Crippen LogP contribution in [0.5, 0.6) is 5.75 Å². The molecule has 1 heterocycles. The summed E-state index contributed by atoms with van der Waals surface area (Å²) in [7, 11) is 1.59. The van der Waals surface area contributed by atoms with E-state index in [0.29, 0.717) is 33.3 Å². The van der Waals surface area contributed by atoms with Crippen LogP contribution in [0.3, 0.4) is 0 Å². The molecule has 0 fully saturated rings. The molecule has 0 saturated heterocycles. The molecule has 6 nitrogen and oxygen atoms in total. The molecule has 0 aliphatic rings. The molecule has 0 atom stereocenters. The van der Waals surface area contributed by atoms with Crippen molar-refractivity contribution in [2.24, 2.45) is 0 Å². The molecule has 0 aliphatic heterocycles. The lowest BCUT2D eigenvalue weighted by atomic mass is 10.2. The number of aromatic nitrogens is 2. The average Bonchev–Trinajstić information content (AvgIpc) is 3.18. The largest absolute Gasteiger partial charge is 0.497 e. The van der Waals surface area contributed by atoms with E-state index in [4.69, 9.17) is 32.5 Å². The van der Waals surface area contributed by atoms with Crippen molar-refractivity contribution in [3.8, 4) is 17.1 Å². The fraction of sp³-hybridized carbons (Fsp3) is 0.211. The van der Waals surface area contributed by atoms with E-state index in [2.05, 4.69) is 15.5 Å². The lowest BCUT2D eigenvalue weighted by molar-refractivity contribution is -0.118. The minimum Gasteiger partial charge on any atom is -0.497 e. The van der Waals surface area contributed by atoms with Crippen molar-refractivity contribution in [2.45, 2.75) is 12.3 Å². The Morgan fingerprint density at radius 2 is 1.96 bits per heavy atom. The van der Waals surface area contributed by atoms with Crippen LogP contribution in [0.4, 0.5) is 0 Å². The van der Waals surface area contributed by atoms with E-state index < -0.39 is 0 Å². The first-order valence-corrected chi connectivity index (χ1v) is 10.2. The Morgan fingerprint density at radius 1 is 1.21 bits per heavy atom. The van der Waals surface area contributed by atoms with Crippen LogP contribution in [-0.4, -0.2) is 28.9 Å². The quantitative estimate of drug-likeness (QED) is 0.554.